The summed E-state index contributed by atoms with van der Waals surface area (Å²) in [6.07, 6.45) is 4.72. The standard InChI is InChI=1S/C30H27N2S2.BrH/c1-4-32-28(33-25-16-14-22-11-7-9-13-24(22)30(25)32)19-20(3)18-27-31-29-23-12-8-6-10-21(23)15-17-26(29)34(27)5-2;/h6-19H,4-5H2,1-3H3;1H/q+1;. The monoisotopic (exact) mass is 559 g/mol. The van der Waals surface area contributed by atoms with E-state index >= 15 is 0 Å². The molecule has 2 heterocycles. The lowest BCUT2D eigenvalue weighted by Gasteiger charge is -2.01. The van der Waals surface area contributed by atoms with Gasteiger partial charge in [0.15, 0.2) is 4.90 Å². The average molecular weight is 561 g/mol. The molecule has 0 fully saturated rings. The number of thiazole rings is 1. The minimum absolute atomic E-state index is 0. The van der Waals surface area contributed by atoms with Crippen LogP contribution in [0, 0.1) is 0 Å². The molecule has 0 spiro atoms. The minimum Gasteiger partial charge on any atom is -1.00 e. The number of fused-ring (bicyclic) bond motifs is 6. The number of anilines is 1. The van der Waals surface area contributed by atoms with Crippen molar-refractivity contribution >= 4 is 65.8 Å². The number of nitrogens with zero attached hydrogens (tertiary/aromatic N) is 1. The maximum atomic E-state index is 3.80. The van der Waals surface area contributed by atoms with Gasteiger partial charge in [-0.3, -0.25) is 0 Å². The Morgan fingerprint density at radius 2 is 1.60 bits per heavy atom. The SMILES string of the molecule is CC[n+]1c(C=C(C)C=C2Nc3c(ccc4ccccc34)[S+]2CC)sc2ccc3ccccc3c21.[Br-]. The van der Waals surface area contributed by atoms with Gasteiger partial charge in [-0.05, 0) is 61.4 Å². The molecule has 4 aromatic carbocycles. The Hall–Kier alpha value is -2.60. The number of benzene rings is 4. The quantitative estimate of drug-likeness (QED) is 0.245. The van der Waals surface area contributed by atoms with Crippen molar-refractivity contribution in [3.05, 3.63) is 94.5 Å². The highest BCUT2D eigenvalue weighted by Crippen LogP contribution is 2.42. The number of hydrogen-bond donors (Lipinski definition) is 1. The van der Waals surface area contributed by atoms with Crippen molar-refractivity contribution in [2.24, 2.45) is 0 Å². The summed E-state index contributed by atoms with van der Waals surface area (Å²) in [7, 11) is 0.0837. The molecule has 1 aliphatic heterocycles. The van der Waals surface area contributed by atoms with Crippen LogP contribution in [-0.4, -0.2) is 5.75 Å². The molecular weight excluding hydrogens is 532 g/mol. The number of hydrogen-bond acceptors (Lipinski definition) is 2. The number of allylic oxidation sites excluding steroid dienone is 2. The number of halogens is 1. The Labute approximate surface area is 224 Å². The summed E-state index contributed by atoms with van der Waals surface area (Å²) in [6, 6.07) is 26.5. The summed E-state index contributed by atoms with van der Waals surface area (Å²) in [5.41, 5.74) is 3.92. The topological polar surface area (TPSA) is 15.9 Å². The Morgan fingerprint density at radius 1 is 0.914 bits per heavy atom. The molecule has 1 aliphatic rings. The summed E-state index contributed by atoms with van der Waals surface area (Å²) in [6.45, 7) is 7.73. The highest BCUT2D eigenvalue weighted by Gasteiger charge is 2.37. The predicted molar refractivity (Wildman–Crippen MR) is 151 cm³/mol. The molecule has 6 rings (SSSR count). The molecule has 0 bridgehead atoms. The fourth-order valence-electron chi connectivity index (χ4n) is 5.05. The van der Waals surface area contributed by atoms with Gasteiger partial charge in [-0.25, -0.2) is 0 Å². The van der Waals surface area contributed by atoms with E-state index in [0.29, 0.717) is 0 Å². The van der Waals surface area contributed by atoms with Crippen molar-refractivity contribution in [2.45, 2.75) is 32.2 Å². The fraction of sp³-hybridized carbons (Fsp3) is 0.167. The zero-order chi connectivity index (χ0) is 23.2. The van der Waals surface area contributed by atoms with E-state index in [1.165, 1.54) is 58.0 Å². The summed E-state index contributed by atoms with van der Waals surface area (Å²) in [5, 5.41) is 11.7. The summed E-state index contributed by atoms with van der Waals surface area (Å²) in [5.74, 6) is 1.11. The van der Waals surface area contributed by atoms with Gasteiger partial charge in [0, 0.05) is 17.5 Å². The molecule has 0 radical (unpaired) electrons. The number of rotatable bonds is 4. The average Bonchev–Trinajstić information content (AvgIpc) is 3.40. The number of aryl methyl sites for hydroxylation is 1. The Kier molecular flexibility index (Phi) is 6.75. The molecule has 0 saturated carbocycles. The van der Waals surface area contributed by atoms with E-state index in [1.54, 1.807) is 0 Å². The van der Waals surface area contributed by atoms with Crippen LogP contribution in [0.4, 0.5) is 5.69 Å². The minimum atomic E-state index is 0. The molecular formula is C30H28BrN2S2+. The zero-order valence-electron chi connectivity index (χ0n) is 20.1. The highest BCUT2D eigenvalue weighted by atomic mass is 79.9. The second kappa shape index (κ2) is 9.81. The van der Waals surface area contributed by atoms with Crippen LogP contribution in [0.1, 0.15) is 25.8 Å². The van der Waals surface area contributed by atoms with Gasteiger partial charge in [0.25, 0.3) is 5.01 Å². The molecule has 1 N–H and O–H groups in total. The molecule has 1 unspecified atom stereocenters. The van der Waals surface area contributed by atoms with E-state index < -0.39 is 0 Å². The largest absolute Gasteiger partial charge is 1.00 e. The van der Waals surface area contributed by atoms with Gasteiger partial charge < -0.3 is 22.3 Å². The Bertz CT molecular complexity index is 1630. The molecule has 35 heavy (non-hydrogen) atoms. The van der Waals surface area contributed by atoms with Crippen LogP contribution in [0.2, 0.25) is 0 Å². The lowest BCUT2D eigenvalue weighted by molar-refractivity contribution is -0.664. The molecule has 176 valence electrons. The zero-order valence-corrected chi connectivity index (χ0v) is 23.4. The lowest BCUT2D eigenvalue weighted by Crippen LogP contribution is -3.00. The van der Waals surface area contributed by atoms with Gasteiger partial charge in [0.2, 0.25) is 10.5 Å². The van der Waals surface area contributed by atoms with E-state index in [4.69, 9.17) is 0 Å². The Balaban J connectivity index is 0.00000253. The highest BCUT2D eigenvalue weighted by molar-refractivity contribution is 8.01. The van der Waals surface area contributed by atoms with Crippen molar-refractivity contribution in [3.63, 3.8) is 0 Å². The number of aromatic nitrogens is 1. The first-order valence-corrected chi connectivity index (χ1v) is 14.1. The third-order valence-corrected chi connectivity index (χ3v) is 9.89. The molecule has 1 atom stereocenters. The van der Waals surface area contributed by atoms with Gasteiger partial charge in [0.1, 0.15) is 22.7 Å². The molecule has 0 aliphatic carbocycles. The molecule has 5 heteroatoms. The smallest absolute Gasteiger partial charge is 0.263 e. The van der Waals surface area contributed by atoms with E-state index in [9.17, 15) is 0 Å². The van der Waals surface area contributed by atoms with Crippen LogP contribution < -0.4 is 26.9 Å². The van der Waals surface area contributed by atoms with Gasteiger partial charge in [-0.1, -0.05) is 59.9 Å². The molecule has 0 amide bonds. The van der Waals surface area contributed by atoms with Gasteiger partial charge >= 0.3 is 0 Å². The summed E-state index contributed by atoms with van der Waals surface area (Å²) >= 11 is 1.88. The number of nitrogens with one attached hydrogen (secondary N) is 1. The maximum absolute atomic E-state index is 3.80. The van der Waals surface area contributed by atoms with Crippen LogP contribution in [-0.2, 0) is 17.4 Å². The van der Waals surface area contributed by atoms with Gasteiger partial charge in [0.05, 0.1) is 16.3 Å². The van der Waals surface area contributed by atoms with Crippen LogP contribution in [0.3, 0.4) is 0 Å². The molecule has 0 saturated heterocycles. The predicted octanol–water partition coefficient (Wildman–Crippen LogP) is 4.89. The van der Waals surface area contributed by atoms with E-state index in [1.807, 2.05) is 11.3 Å². The first kappa shape index (κ1) is 24.1. The van der Waals surface area contributed by atoms with Gasteiger partial charge in [-0.15, -0.1) is 0 Å². The first-order chi connectivity index (χ1) is 16.7. The van der Waals surface area contributed by atoms with Crippen LogP contribution >= 0.6 is 11.3 Å². The van der Waals surface area contributed by atoms with Crippen LogP contribution in [0.25, 0.3) is 37.8 Å². The van der Waals surface area contributed by atoms with E-state index in [-0.39, 0.29) is 27.9 Å². The van der Waals surface area contributed by atoms with E-state index in [0.717, 1.165) is 12.3 Å². The van der Waals surface area contributed by atoms with Crippen LogP contribution in [0.5, 0.6) is 0 Å². The first-order valence-electron chi connectivity index (χ1n) is 11.9. The fourth-order valence-corrected chi connectivity index (χ4v) is 8.35. The molecule has 1 aromatic heterocycles. The summed E-state index contributed by atoms with van der Waals surface area (Å²) in [4.78, 5) is 1.44. The van der Waals surface area contributed by atoms with Crippen molar-refractivity contribution in [3.8, 4) is 0 Å². The normalized spacial score (nSPS) is 16.6. The summed E-state index contributed by atoms with van der Waals surface area (Å²) < 4.78 is 3.81. The third kappa shape index (κ3) is 4.10. The van der Waals surface area contributed by atoms with Crippen LogP contribution in [0.15, 0.2) is 94.4 Å². The molecule has 5 aromatic rings. The van der Waals surface area contributed by atoms with Crippen molar-refractivity contribution in [2.75, 3.05) is 11.1 Å². The second-order valence-corrected chi connectivity index (χ2v) is 12.0. The van der Waals surface area contributed by atoms with Crippen molar-refractivity contribution in [1.29, 1.82) is 0 Å². The Morgan fingerprint density at radius 3 is 2.34 bits per heavy atom. The van der Waals surface area contributed by atoms with Crippen molar-refractivity contribution < 1.29 is 21.5 Å². The van der Waals surface area contributed by atoms with Gasteiger partial charge in [-0.2, -0.15) is 4.57 Å². The lowest BCUT2D eigenvalue weighted by atomic mass is 10.1. The maximum Gasteiger partial charge on any atom is 0.263 e. The van der Waals surface area contributed by atoms with Crippen molar-refractivity contribution in [1.82, 2.24) is 0 Å². The molecule has 2 nitrogen and oxygen atoms in total. The van der Waals surface area contributed by atoms with E-state index in [2.05, 4.69) is 116 Å². The third-order valence-electron chi connectivity index (χ3n) is 6.60. The second-order valence-electron chi connectivity index (χ2n) is 8.68.